The number of rotatable bonds is 4. The number of aryl methyl sites for hydroxylation is 1. The number of aliphatic imine (C=N–C) groups is 1. The fourth-order valence-corrected chi connectivity index (χ4v) is 5.20. The lowest BCUT2D eigenvalue weighted by Gasteiger charge is -2.23. The third-order valence-corrected chi connectivity index (χ3v) is 6.98. The van der Waals surface area contributed by atoms with Crippen LogP contribution < -0.4 is 19.9 Å². The van der Waals surface area contributed by atoms with Crippen LogP contribution >= 0.6 is 0 Å². The third kappa shape index (κ3) is 4.01. The van der Waals surface area contributed by atoms with Crippen molar-refractivity contribution >= 4 is 34.4 Å². The number of carbonyl (C=O) groups is 2. The van der Waals surface area contributed by atoms with Crippen LogP contribution in [0.4, 0.5) is 10.5 Å². The lowest BCUT2D eigenvalue weighted by Crippen LogP contribution is -2.39. The zero-order chi connectivity index (χ0) is 27.3. The number of anilines is 1. The summed E-state index contributed by atoms with van der Waals surface area (Å²) in [6.45, 7) is 2.11. The average Bonchev–Trinajstić information content (AvgIpc) is 3.33. The van der Waals surface area contributed by atoms with Crippen molar-refractivity contribution in [2.45, 2.75) is 19.5 Å². The molecule has 0 N–H and O–H groups in total. The van der Waals surface area contributed by atoms with E-state index in [1.165, 1.54) is 29.9 Å². The van der Waals surface area contributed by atoms with Gasteiger partial charge in [0.05, 0.1) is 36.5 Å². The molecule has 4 aromatic rings. The molecule has 3 aromatic carbocycles. The summed E-state index contributed by atoms with van der Waals surface area (Å²) in [5.41, 5.74) is 3.83. The Morgan fingerprint density at radius 2 is 1.79 bits per heavy atom. The second-order valence-electron chi connectivity index (χ2n) is 9.21. The lowest BCUT2D eigenvalue weighted by molar-refractivity contribution is -0.121. The topological polar surface area (TPSA) is 112 Å². The molecule has 1 atom stereocenters. The molecule has 10 heteroatoms. The SMILES string of the molecule is COC(=O)Oc1ccc2c(=O)n(C3N=C(c4ccccc4)c4cc(OC)cc5c4N(CC5)C3=O)c(C)nc2c1. The molecule has 2 aliphatic heterocycles. The average molecular weight is 525 g/mol. The van der Waals surface area contributed by atoms with Crippen molar-refractivity contribution in [1.82, 2.24) is 9.55 Å². The molecule has 39 heavy (non-hydrogen) atoms. The number of hydrogen-bond donors (Lipinski definition) is 0. The van der Waals surface area contributed by atoms with Crippen LogP contribution in [0.5, 0.6) is 11.5 Å². The zero-order valence-electron chi connectivity index (χ0n) is 21.5. The number of nitrogens with zero attached hydrogens (tertiary/aromatic N) is 4. The Morgan fingerprint density at radius 1 is 1.00 bits per heavy atom. The van der Waals surface area contributed by atoms with Gasteiger partial charge in [-0.2, -0.15) is 0 Å². The summed E-state index contributed by atoms with van der Waals surface area (Å²) in [6, 6.07) is 17.9. The van der Waals surface area contributed by atoms with E-state index < -0.39 is 17.9 Å². The summed E-state index contributed by atoms with van der Waals surface area (Å²) in [5, 5.41) is 0.257. The van der Waals surface area contributed by atoms with E-state index >= 15 is 0 Å². The van der Waals surface area contributed by atoms with Gasteiger partial charge in [0.2, 0.25) is 6.17 Å². The summed E-state index contributed by atoms with van der Waals surface area (Å²) in [7, 11) is 2.81. The van der Waals surface area contributed by atoms with E-state index in [-0.39, 0.29) is 17.0 Å². The van der Waals surface area contributed by atoms with Gasteiger partial charge in [-0.1, -0.05) is 30.3 Å². The molecular weight excluding hydrogens is 500 g/mol. The van der Waals surface area contributed by atoms with Crippen molar-refractivity contribution in [2.24, 2.45) is 4.99 Å². The minimum atomic E-state index is -1.18. The lowest BCUT2D eigenvalue weighted by atomic mass is 9.97. The standard InChI is InChI=1S/C29H24N4O6/c1-16-30-23-15-19(39-29(36)38-3)9-10-21(23)27(34)33(16)26-28(35)32-12-11-18-13-20(37-2)14-22(25(18)32)24(31-26)17-7-5-4-6-8-17/h4-10,13-15,26H,11-12H2,1-3H3. The monoisotopic (exact) mass is 524 g/mol. The quantitative estimate of drug-likeness (QED) is 0.295. The van der Waals surface area contributed by atoms with Crippen LogP contribution in [0.3, 0.4) is 0 Å². The van der Waals surface area contributed by atoms with Gasteiger partial charge in [0, 0.05) is 23.7 Å². The van der Waals surface area contributed by atoms with E-state index in [4.69, 9.17) is 14.5 Å². The van der Waals surface area contributed by atoms with E-state index in [2.05, 4.69) is 9.72 Å². The van der Waals surface area contributed by atoms with Crippen LogP contribution in [0.25, 0.3) is 10.9 Å². The van der Waals surface area contributed by atoms with Crippen molar-refractivity contribution in [3.63, 3.8) is 0 Å². The van der Waals surface area contributed by atoms with Gasteiger partial charge in [0.25, 0.3) is 11.5 Å². The zero-order valence-corrected chi connectivity index (χ0v) is 21.5. The molecule has 0 saturated carbocycles. The van der Waals surface area contributed by atoms with Gasteiger partial charge >= 0.3 is 6.16 Å². The number of amides is 1. The number of carbonyl (C=O) groups excluding carboxylic acids is 2. The molecule has 10 nitrogen and oxygen atoms in total. The van der Waals surface area contributed by atoms with Gasteiger partial charge in [-0.05, 0) is 43.2 Å². The molecule has 3 heterocycles. The van der Waals surface area contributed by atoms with Crippen LogP contribution in [0.1, 0.15) is 28.7 Å². The Morgan fingerprint density at radius 3 is 2.54 bits per heavy atom. The number of aromatic nitrogens is 2. The Balaban J connectivity index is 1.57. The summed E-state index contributed by atoms with van der Waals surface area (Å²) in [4.78, 5) is 50.7. The number of ether oxygens (including phenoxy) is 3. The first-order valence-corrected chi connectivity index (χ1v) is 12.3. The first-order chi connectivity index (χ1) is 18.9. The van der Waals surface area contributed by atoms with E-state index in [0.717, 1.165) is 22.4 Å². The van der Waals surface area contributed by atoms with Gasteiger partial charge in [-0.25, -0.2) is 14.8 Å². The highest BCUT2D eigenvalue weighted by atomic mass is 16.7. The van der Waals surface area contributed by atoms with Gasteiger partial charge in [0.1, 0.15) is 17.3 Å². The first-order valence-electron chi connectivity index (χ1n) is 12.3. The van der Waals surface area contributed by atoms with E-state index in [9.17, 15) is 14.4 Å². The number of hydrogen-bond acceptors (Lipinski definition) is 8. The van der Waals surface area contributed by atoms with Gasteiger partial charge < -0.3 is 19.1 Å². The van der Waals surface area contributed by atoms with Gasteiger partial charge in [0.15, 0.2) is 0 Å². The predicted molar refractivity (Wildman–Crippen MR) is 144 cm³/mol. The Labute approximate surface area is 223 Å². The molecular formula is C29H24N4O6. The van der Waals surface area contributed by atoms with Crippen LogP contribution in [0.15, 0.2) is 70.5 Å². The van der Waals surface area contributed by atoms with E-state index in [1.54, 1.807) is 18.9 Å². The number of methoxy groups -OCH3 is 2. The molecule has 6 rings (SSSR count). The molecule has 196 valence electrons. The molecule has 0 radical (unpaired) electrons. The maximum Gasteiger partial charge on any atom is 0.513 e. The maximum atomic E-state index is 14.1. The van der Waals surface area contributed by atoms with Crippen LogP contribution in [-0.2, 0) is 16.0 Å². The number of fused-ring (bicyclic) bond motifs is 1. The van der Waals surface area contributed by atoms with Gasteiger partial charge in [-0.15, -0.1) is 0 Å². The fourth-order valence-electron chi connectivity index (χ4n) is 5.20. The summed E-state index contributed by atoms with van der Waals surface area (Å²) >= 11 is 0. The Hall–Kier alpha value is -4.99. The maximum absolute atomic E-state index is 14.1. The highest BCUT2D eigenvalue weighted by Crippen LogP contribution is 2.40. The van der Waals surface area contributed by atoms with Crippen molar-refractivity contribution in [3.05, 3.63) is 93.5 Å². The van der Waals surface area contributed by atoms with Gasteiger partial charge in [-0.3, -0.25) is 14.2 Å². The molecule has 1 amide bonds. The minimum absolute atomic E-state index is 0.183. The van der Waals surface area contributed by atoms with Crippen molar-refractivity contribution in [1.29, 1.82) is 0 Å². The molecule has 0 fully saturated rings. The van der Waals surface area contributed by atoms with Crippen molar-refractivity contribution < 1.29 is 23.8 Å². The molecule has 0 saturated heterocycles. The van der Waals surface area contributed by atoms with Crippen molar-refractivity contribution in [2.75, 3.05) is 25.7 Å². The normalized spacial score (nSPS) is 16.0. The third-order valence-electron chi connectivity index (χ3n) is 6.98. The summed E-state index contributed by atoms with van der Waals surface area (Å²) < 4.78 is 16.5. The smallest absolute Gasteiger partial charge is 0.497 e. The van der Waals surface area contributed by atoms with Crippen LogP contribution in [0, 0.1) is 6.92 Å². The van der Waals surface area contributed by atoms with E-state index in [0.29, 0.717) is 35.8 Å². The molecule has 1 unspecified atom stereocenters. The summed E-state index contributed by atoms with van der Waals surface area (Å²) in [6.07, 6.45) is -1.40. The molecule has 1 aromatic heterocycles. The largest absolute Gasteiger partial charge is 0.513 e. The van der Waals surface area contributed by atoms with Crippen molar-refractivity contribution in [3.8, 4) is 11.5 Å². The van der Waals surface area contributed by atoms with Crippen LogP contribution in [0.2, 0.25) is 0 Å². The predicted octanol–water partition coefficient (Wildman–Crippen LogP) is 3.80. The molecule has 0 bridgehead atoms. The fraction of sp³-hybridized carbons (Fsp3) is 0.207. The second-order valence-corrected chi connectivity index (χ2v) is 9.21. The highest BCUT2D eigenvalue weighted by molar-refractivity contribution is 6.20. The Kier molecular flexibility index (Phi) is 5.86. The Bertz CT molecular complexity index is 1740. The molecule has 2 aliphatic rings. The van der Waals surface area contributed by atoms with E-state index in [1.807, 2.05) is 42.5 Å². The van der Waals surface area contributed by atoms with Crippen LogP contribution in [-0.4, -0.2) is 48.1 Å². The first kappa shape index (κ1) is 24.4. The molecule has 0 aliphatic carbocycles. The highest BCUT2D eigenvalue weighted by Gasteiger charge is 2.39. The number of benzene rings is 3. The second kappa shape index (κ2) is 9.39. The summed E-state index contributed by atoms with van der Waals surface area (Å²) in [5.74, 6) is 0.830. The molecule has 0 spiro atoms. The minimum Gasteiger partial charge on any atom is -0.497 e.